The fourth-order valence-corrected chi connectivity index (χ4v) is 0.600. The number of hydrogen-bond acceptors (Lipinski definition) is 10. The summed E-state index contributed by atoms with van der Waals surface area (Å²) in [5, 5.41) is 21.6. The van der Waals surface area contributed by atoms with Crippen LogP contribution in [-0.4, -0.2) is 5.12 Å². The third kappa shape index (κ3) is 1.11. The van der Waals surface area contributed by atoms with Gasteiger partial charge in [-0.15, -0.1) is 15.3 Å². The highest BCUT2D eigenvalue weighted by atomic mass is 15.9. The Morgan fingerprint density at radius 2 is 1.83 bits per heavy atom. The number of rotatable bonds is 0. The third-order valence-corrected chi connectivity index (χ3v) is 1.04. The van der Waals surface area contributed by atoms with Crippen molar-refractivity contribution in [2.24, 2.45) is 36.9 Å². The van der Waals surface area contributed by atoms with Crippen molar-refractivity contribution in [3.05, 3.63) is 11.6 Å². The van der Waals surface area contributed by atoms with E-state index in [0.29, 0.717) is 0 Å². The molecule has 0 fully saturated rings. The van der Waals surface area contributed by atoms with Crippen LogP contribution in [0.25, 0.3) is 0 Å². The second-order valence-corrected chi connectivity index (χ2v) is 1.70. The van der Waals surface area contributed by atoms with Gasteiger partial charge in [0.25, 0.3) is 0 Å². The molecule has 0 saturated carbocycles. The second kappa shape index (κ2) is 2.98. The van der Waals surface area contributed by atoms with E-state index in [0.717, 1.165) is 5.12 Å². The number of nitrogens with one attached hydrogen (secondary N) is 1. The molecule has 0 spiro atoms. The molecule has 2 aliphatic heterocycles. The first-order chi connectivity index (χ1) is 5.38. The largest absolute Gasteiger partial charge is 0.344 e. The van der Waals surface area contributed by atoms with Crippen molar-refractivity contribution in [3.8, 4) is 0 Å². The van der Waals surface area contributed by atoms with Crippen LogP contribution >= 0.6 is 0 Å². The van der Waals surface area contributed by atoms with Crippen molar-refractivity contribution >= 4 is 0 Å². The second-order valence-electron chi connectivity index (χ2n) is 1.70. The number of hydrazine groups is 2. The maximum atomic E-state index is 5.33. The van der Waals surface area contributed by atoms with Crippen molar-refractivity contribution in [1.29, 1.82) is 0 Å². The van der Waals surface area contributed by atoms with Gasteiger partial charge in [0.1, 0.15) is 0 Å². The first-order valence-electron chi connectivity index (χ1n) is 2.65. The molecular formula is C2H6N10. The molecule has 10 heteroatoms. The van der Waals surface area contributed by atoms with Gasteiger partial charge in [-0.1, -0.05) is 5.22 Å². The maximum absolute atomic E-state index is 5.33. The minimum Gasteiger partial charge on any atom is -0.344 e. The molecule has 0 radical (unpaired) electrons. The van der Waals surface area contributed by atoms with E-state index in [2.05, 4.69) is 36.5 Å². The predicted molar refractivity (Wildman–Crippen MR) is 35.8 cm³/mol. The molecule has 0 aliphatic carbocycles. The zero-order chi connectivity index (χ0) is 7.68. The summed E-state index contributed by atoms with van der Waals surface area (Å²) in [4.78, 5) is 0. The Morgan fingerprint density at radius 3 is 2.33 bits per heavy atom. The zero-order valence-electron chi connectivity index (χ0n) is 5.91. The fraction of sp³-hybridized carbons (Fsp3) is 0. The Morgan fingerprint density at radius 1 is 1.17 bits per heavy atom. The lowest BCUT2D eigenvalue weighted by Gasteiger charge is -2.06. The number of nitrogens with zero attached hydrogens (tertiary/aromatic N) is 7. The van der Waals surface area contributed by atoms with Gasteiger partial charge in [-0.3, -0.25) is 0 Å². The van der Waals surface area contributed by atoms with Crippen LogP contribution in [0, 0.1) is 0 Å². The van der Waals surface area contributed by atoms with Crippen molar-refractivity contribution < 1.29 is 0 Å². The van der Waals surface area contributed by atoms with Gasteiger partial charge in [0.15, 0.2) is 0 Å². The van der Waals surface area contributed by atoms with Gasteiger partial charge in [0.2, 0.25) is 11.6 Å². The van der Waals surface area contributed by atoms with Gasteiger partial charge in [0, 0.05) is 0 Å². The molecule has 64 valence electrons. The molecule has 0 aromatic rings. The van der Waals surface area contributed by atoms with Gasteiger partial charge in [-0.25, -0.2) is 5.84 Å². The van der Waals surface area contributed by atoms with E-state index in [4.69, 9.17) is 5.84 Å². The highest BCUT2D eigenvalue weighted by Crippen LogP contribution is 2.18. The van der Waals surface area contributed by atoms with E-state index in [9.17, 15) is 0 Å². The normalized spacial score (nSPS) is 18.6. The van der Waals surface area contributed by atoms with Crippen LogP contribution in [0.3, 0.4) is 0 Å². The fourth-order valence-electron chi connectivity index (χ4n) is 0.600. The van der Waals surface area contributed by atoms with Crippen LogP contribution in [0.1, 0.15) is 0 Å². The van der Waals surface area contributed by atoms with E-state index >= 15 is 0 Å². The molecule has 12 heavy (non-hydrogen) atoms. The molecule has 0 bridgehead atoms. The van der Waals surface area contributed by atoms with E-state index in [1.165, 1.54) is 0 Å². The molecule has 0 amide bonds. The first kappa shape index (κ1) is 8.16. The summed E-state index contributed by atoms with van der Waals surface area (Å²) >= 11 is 0. The Bertz CT molecular complexity index is 268. The van der Waals surface area contributed by atoms with Crippen LogP contribution in [0.5, 0.6) is 0 Å². The number of hydrogen-bond donors (Lipinski definition) is 3. The highest BCUT2D eigenvalue weighted by Gasteiger charge is 2.18. The van der Waals surface area contributed by atoms with Gasteiger partial charge < -0.3 is 6.15 Å². The summed E-state index contributed by atoms with van der Waals surface area (Å²) in [5.41, 5.74) is 2.35. The first-order valence-corrected chi connectivity index (χ1v) is 2.65. The Hall–Kier alpha value is -1.94. The average molecular weight is 170 g/mol. The van der Waals surface area contributed by atoms with Gasteiger partial charge >= 0.3 is 0 Å². The summed E-state index contributed by atoms with van der Waals surface area (Å²) in [6, 6.07) is 0. The van der Waals surface area contributed by atoms with Gasteiger partial charge in [0.05, 0.1) is 0 Å². The van der Waals surface area contributed by atoms with Crippen molar-refractivity contribution in [1.82, 2.24) is 16.8 Å². The van der Waals surface area contributed by atoms with Gasteiger partial charge in [-0.05, 0) is 10.4 Å². The Balaban J connectivity index is 0.000000720. The zero-order valence-corrected chi connectivity index (χ0v) is 5.91. The molecule has 0 aromatic carbocycles. The van der Waals surface area contributed by atoms with E-state index < -0.39 is 0 Å². The van der Waals surface area contributed by atoms with E-state index in [1.807, 2.05) is 0 Å². The monoisotopic (exact) mass is 170 g/mol. The van der Waals surface area contributed by atoms with Crippen LogP contribution in [0.4, 0.5) is 0 Å². The van der Waals surface area contributed by atoms with Crippen LogP contribution in [0.2, 0.25) is 0 Å². The quantitative estimate of drug-likeness (QED) is 0.443. The van der Waals surface area contributed by atoms with Crippen molar-refractivity contribution in [2.75, 3.05) is 0 Å². The van der Waals surface area contributed by atoms with Crippen molar-refractivity contribution in [3.63, 3.8) is 0 Å². The smallest absolute Gasteiger partial charge is 0.247 e. The summed E-state index contributed by atoms with van der Waals surface area (Å²) < 4.78 is 0. The minimum absolute atomic E-state index is 0. The maximum Gasteiger partial charge on any atom is 0.247 e. The molecule has 0 saturated heterocycles. The molecule has 0 atom stereocenters. The molecule has 0 aromatic heterocycles. The van der Waals surface area contributed by atoms with Gasteiger partial charge in [-0.2, -0.15) is 10.7 Å². The summed E-state index contributed by atoms with van der Waals surface area (Å²) in [6.07, 6.45) is 0. The van der Waals surface area contributed by atoms with E-state index in [1.54, 1.807) is 0 Å². The lowest BCUT2D eigenvalue weighted by molar-refractivity contribution is 0.288. The molecule has 2 aliphatic rings. The van der Waals surface area contributed by atoms with E-state index in [-0.39, 0.29) is 17.8 Å². The topological polar surface area (TPSA) is 150 Å². The summed E-state index contributed by atoms with van der Waals surface area (Å²) in [7, 11) is 0. The summed E-state index contributed by atoms with van der Waals surface area (Å²) in [5.74, 6) is 5.86. The van der Waals surface area contributed by atoms with Crippen LogP contribution in [-0.2, 0) is 0 Å². The summed E-state index contributed by atoms with van der Waals surface area (Å²) in [6.45, 7) is 0. The molecule has 6 N–H and O–H groups in total. The predicted octanol–water partition coefficient (Wildman–Crippen LogP) is 0.169. The van der Waals surface area contributed by atoms with Crippen LogP contribution < -0.4 is 17.5 Å². The van der Waals surface area contributed by atoms with Crippen LogP contribution in [0.15, 0.2) is 42.7 Å². The SMILES string of the molecule is N.NN1NN=NC1=C1N=NN=N1. The molecule has 2 heterocycles. The minimum atomic E-state index is 0. The Labute approximate surface area is 66.4 Å². The molecular weight excluding hydrogens is 164 g/mol. The number of nitrogens with two attached hydrogens (primary N) is 1. The lowest BCUT2D eigenvalue weighted by Crippen LogP contribution is -2.35. The Kier molecular flexibility index (Phi) is 2.02. The lowest BCUT2D eigenvalue weighted by atomic mass is 10.7. The standard InChI is InChI=1S/C2H3N9.H3N/c3-11-2(6-9-10-11)1-4-7-8-5-1;/h3H2,(H,6,10);1H3. The molecule has 10 nitrogen and oxygen atoms in total. The highest BCUT2D eigenvalue weighted by molar-refractivity contribution is 5.08. The third-order valence-electron chi connectivity index (χ3n) is 1.04. The average Bonchev–Trinajstić information content (AvgIpc) is 2.55. The van der Waals surface area contributed by atoms with Crippen molar-refractivity contribution in [2.45, 2.75) is 0 Å². The molecule has 0 unspecified atom stereocenters. The molecule has 2 rings (SSSR count).